The van der Waals surface area contributed by atoms with Gasteiger partial charge in [-0.2, -0.15) is 0 Å². The van der Waals surface area contributed by atoms with Crippen molar-refractivity contribution in [1.29, 1.82) is 0 Å². The highest BCUT2D eigenvalue weighted by Crippen LogP contribution is 2.27. The van der Waals surface area contributed by atoms with Crippen molar-refractivity contribution in [3.05, 3.63) is 40.9 Å². The number of hydrogen-bond acceptors (Lipinski definition) is 3. The topological polar surface area (TPSA) is 43.1 Å². The van der Waals surface area contributed by atoms with Crippen LogP contribution in [0.2, 0.25) is 0 Å². The highest BCUT2D eigenvalue weighted by atomic mass is 32.2. The Hall–Kier alpha value is -1.22. The molecule has 0 saturated heterocycles. The Morgan fingerprint density at radius 3 is 2.21 bits per heavy atom. The monoisotopic (exact) mass is 207 g/mol. The number of allylic oxidation sites excluding steroid dienone is 2. The number of Topliss-reactive ketones (excluding diaryl/α,β-unsaturated/α-hetero) is 1. The maximum atomic E-state index is 11.2. The molecular weight excluding hydrogens is 194 g/mol. The van der Waals surface area contributed by atoms with Crippen LogP contribution in [0.4, 0.5) is 0 Å². The maximum absolute atomic E-state index is 11.2. The van der Waals surface area contributed by atoms with Gasteiger partial charge in [0.2, 0.25) is 0 Å². The number of carbonyl (C=O) groups is 1. The first-order valence-corrected chi connectivity index (χ1v) is 5.13. The zero-order valence-electron chi connectivity index (χ0n) is 8.28. The molecule has 2 N–H and O–H groups in total. The predicted molar refractivity (Wildman–Crippen MR) is 59.9 cm³/mol. The summed E-state index contributed by atoms with van der Waals surface area (Å²) in [6.45, 7) is 3.27. The molecule has 0 aliphatic rings. The molecule has 0 amide bonds. The molecule has 0 atom stereocenters. The lowest BCUT2D eigenvalue weighted by Crippen LogP contribution is -2.02. The van der Waals surface area contributed by atoms with Gasteiger partial charge in [-0.05, 0) is 26.0 Å². The minimum Gasteiger partial charge on any atom is -0.401 e. The number of benzene rings is 1. The fourth-order valence-electron chi connectivity index (χ4n) is 1.04. The standard InChI is InChI=1S/C11H13NOS/c1-8(12)11(9(2)13)14-10-6-4-3-5-7-10/h3-7H,12H2,1-2H3/b11-8-. The van der Waals surface area contributed by atoms with E-state index in [-0.39, 0.29) is 5.78 Å². The molecule has 0 radical (unpaired) electrons. The average Bonchev–Trinajstić information content (AvgIpc) is 2.15. The van der Waals surface area contributed by atoms with Crippen molar-refractivity contribution < 1.29 is 4.79 Å². The molecule has 0 spiro atoms. The van der Waals surface area contributed by atoms with Crippen molar-refractivity contribution in [3.63, 3.8) is 0 Å². The summed E-state index contributed by atoms with van der Waals surface area (Å²) in [6, 6.07) is 9.72. The molecule has 0 saturated carbocycles. The van der Waals surface area contributed by atoms with E-state index >= 15 is 0 Å². The molecule has 74 valence electrons. The zero-order valence-corrected chi connectivity index (χ0v) is 9.10. The molecule has 0 aromatic heterocycles. The molecule has 0 unspecified atom stereocenters. The minimum absolute atomic E-state index is 0.0128. The van der Waals surface area contributed by atoms with E-state index in [9.17, 15) is 4.79 Å². The molecule has 1 aromatic rings. The third kappa shape index (κ3) is 2.92. The van der Waals surface area contributed by atoms with E-state index in [4.69, 9.17) is 5.73 Å². The molecular formula is C11H13NOS. The summed E-state index contributed by atoms with van der Waals surface area (Å²) < 4.78 is 0. The van der Waals surface area contributed by atoms with Crippen molar-refractivity contribution in [2.75, 3.05) is 0 Å². The van der Waals surface area contributed by atoms with E-state index in [1.54, 1.807) is 6.92 Å². The second kappa shape index (κ2) is 4.86. The van der Waals surface area contributed by atoms with Crippen molar-refractivity contribution in [3.8, 4) is 0 Å². The second-order valence-electron chi connectivity index (χ2n) is 2.98. The van der Waals surface area contributed by atoms with Gasteiger partial charge in [0.05, 0.1) is 4.91 Å². The number of carbonyl (C=O) groups excluding carboxylic acids is 1. The van der Waals surface area contributed by atoms with Gasteiger partial charge in [0.25, 0.3) is 0 Å². The SMILES string of the molecule is CC(=O)/C(Sc1ccccc1)=C(\C)N. The molecule has 0 bridgehead atoms. The van der Waals surface area contributed by atoms with E-state index < -0.39 is 0 Å². The van der Waals surface area contributed by atoms with Crippen LogP contribution in [-0.4, -0.2) is 5.78 Å². The first-order chi connectivity index (χ1) is 6.61. The van der Waals surface area contributed by atoms with Crippen molar-refractivity contribution in [2.45, 2.75) is 18.7 Å². The van der Waals surface area contributed by atoms with Crippen molar-refractivity contribution in [1.82, 2.24) is 0 Å². The fourth-order valence-corrected chi connectivity index (χ4v) is 1.87. The van der Waals surface area contributed by atoms with Gasteiger partial charge in [0, 0.05) is 10.6 Å². The van der Waals surface area contributed by atoms with Crippen LogP contribution >= 0.6 is 11.8 Å². The highest BCUT2D eigenvalue weighted by molar-refractivity contribution is 8.04. The van der Waals surface area contributed by atoms with Gasteiger partial charge in [0.1, 0.15) is 0 Å². The lowest BCUT2D eigenvalue weighted by molar-refractivity contribution is -0.113. The first-order valence-electron chi connectivity index (χ1n) is 4.31. The lowest BCUT2D eigenvalue weighted by atomic mass is 10.3. The minimum atomic E-state index is 0.0128. The van der Waals surface area contributed by atoms with Crippen LogP contribution in [-0.2, 0) is 4.79 Å². The van der Waals surface area contributed by atoms with Gasteiger partial charge >= 0.3 is 0 Å². The van der Waals surface area contributed by atoms with Gasteiger partial charge in [0.15, 0.2) is 5.78 Å². The maximum Gasteiger partial charge on any atom is 0.168 e. The van der Waals surface area contributed by atoms with Crippen LogP contribution in [0.25, 0.3) is 0 Å². The van der Waals surface area contributed by atoms with Gasteiger partial charge in [-0.1, -0.05) is 30.0 Å². The van der Waals surface area contributed by atoms with Gasteiger partial charge in [-0.3, -0.25) is 4.79 Å². The number of hydrogen-bond donors (Lipinski definition) is 1. The Morgan fingerprint density at radius 1 is 1.21 bits per heavy atom. The van der Waals surface area contributed by atoms with Crippen molar-refractivity contribution >= 4 is 17.5 Å². The van der Waals surface area contributed by atoms with Gasteiger partial charge < -0.3 is 5.73 Å². The first kappa shape index (κ1) is 10.9. The summed E-state index contributed by atoms with van der Waals surface area (Å²) in [6.07, 6.45) is 0. The smallest absolute Gasteiger partial charge is 0.168 e. The predicted octanol–water partition coefficient (Wildman–Crippen LogP) is 2.56. The third-order valence-electron chi connectivity index (χ3n) is 1.64. The average molecular weight is 207 g/mol. The Labute approximate surface area is 88.2 Å². The molecule has 0 heterocycles. The number of ketones is 1. The van der Waals surface area contributed by atoms with E-state index in [2.05, 4.69) is 0 Å². The highest BCUT2D eigenvalue weighted by Gasteiger charge is 2.08. The van der Waals surface area contributed by atoms with Crippen LogP contribution in [0, 0.1) is 0 Å². The lowest BCUT2D eigenvalue weighted by Gasteiger charge is -2.04. The summed E-state index contributed by atoms with van der Waals surface area (Å²) >= 11 is 1.41. The Balaban J connectivity index is 2.87. The Kier molecular flexibility index (Phi) is 3.77. The molecule has 1 rings (SSSR count). The summed E-state index contributed by atoms with van der Waals surface area (Å²) in [5.41, 5.74) is 6.20. The zero-order chi connectivity index (χ0) is 10.6. The Morgan fingerprint density at radius 2 is 1.79 bits per heavy atom. The molecule has 0 fully saturated rings. The molecule has 0 aliphatic heterocycles. The number of nitrogens with two attached hydrogens (primary N) is 1. The molecule has 14 heavy (non-hydrogen) atoms. The van der Waals surface area contributed by atoms with Crippen LogP contribution in [0.15, 0.2) is 45.8 Å². The van der Waals surface area contributed by atoms with E-state index in [0.717, 1.165) is 4.90 Å². The third-order valence-corrected chi connectivity index (χ3v) is 2.96. The van der Waals surface area contributed by atoms with Crippen LogP contribution in [0.5, 0.6) is 0 Å². The summed E-state index contributed by atoms with van der Waals surface area (Å²) in [5, 5.41) is 0. The Bertz CT molecular complexity index is 353. The van der Waals surface area contributed by atoms with Crippen LogP contribution < -0.4 is 5.73 Å². The number of rotatable bonds is 3. The second-order valence-corrected chi connectivity index (χ2v) is 4.07. The van der Waals surface area contributed by atoms with E-state index in [0.29, 0.717) is 10.6 Å². The van der Waals surface area contributed by atoms with Crippen molar-refractivity contribution in [2.24, 2.45) is 5.73 Å². The fraction of sp³-hybridized carbons (Fsp3) is 0.182. The molecule has 3 heteroatoms. The molecule has 1 aromatic carbocycles. The van der Waals surface area contributed by atoms with Gasteiger partial charge in [-0.15, -0.1) is 0 Å². The summed E-state index contributed by atoms with van der Waals surface area (Å²) in [4.78, 5) is 12.9. The molecule has 2 nitrogen and oxygen atoms in total. The van der Waals surface area contributed by atoms with Crippen LogP contribution in [0.1, 0.15) is 13.8 Å². The van der Waals surface area contributed by atoms with E-state index in [1.807, 2.05) is 30.3 Å². The summed E-state index contributed by atoms with van der Waals surface area (Å²) in [7, 11) is 0. The largest absolute Gasteiger partial charge is 0.401 e. The molecule has 0 aliphatic carbocycles. The number of thioether (sulfide) groups is 1. The normalized spacial score (nSPS) is 12.1. The van der Waals surface area contributed by atoms with Gasteiger partial charge in [-0.25, -0.2) is 0 Å². The van der Waals surface area contributed by atoms with E-state index in [1.165, 1.54) is 18.7 Å². The summed E-state index contributed by atoms with van der Waals surface area (Å²) in [5.74, 6) is 0.0128. The van der Waals surface area contributed by atoms with Crippen LogP contribution in [0.3, 0.4) is 0 Å². The quantitative estimate of drug-likeness (QED) is 0.612.